The summed E-state index contributed by atoms with van der Waals surface area (Å²) in [6, 6.07) is 13.6. The quantitative estimate of drug-likeness (QED) is 0.316. The number of fused-ring (bicyclic) bond motifs is 1. The molecule has 2 aromatic heterocycles. The maximum absolute atomic E-state index is 13.3. The molecule has 0 aliphatic heterocycles. The fourth-order valence-corrected chi connectivity index (χ4v) is 3.57. The molecule has 0 aliphatic rings. The molecule has 34 heavy (non-hydrogen) atoms. The summed E-state index contributed by atoms with van der Waals surface area (Å²) in [6.07, 6.45) is 2.45. The zero-order valence-corrected chi connectivity index (χ0v) is 18.6. The summed E-state index contributed by atoms with van der Waals surface area (Å²) >= 11 is 0. The molecule has 2 aromatic carbocycles. The van der Waals surface area contributed by atoms with Crippen LogP contribution >= 0.6 is 0 Å². The molecular weight excluding hydrogens is 440 g/mol. The molecule has 0 bridgehead atoms. The number of hydrogen-bond donors (Lipinski definition) is 1. The van der Waals surface area contributed by atoms with E-state index in [1.807, 2.05) is 6.07 Å². The number of rotatable bonds is 7. The highest BCUT2D eigenvalue weighted by Crippen LogP contribution is 2.41. The smallest absolute Gasteiger partial charge is 0.310 e. The van der Waals surface area contributed by atoms with Gasteiger partial charge in [0.15, 0.2) is 11.5 Å². The van der Waals surface area contributed by atoms with Crippen molar-refractivity contribution in [2.24, 2.45) is 0 Å². The van der Waals surface area contributed by atoms with Crippen molar-refractivity contribution in [3.05, 3.63) is 76.6 Å². The van der Waals surface area contributed by atoms with E-state index in [1.165, 1.54) is 33.6 Å². The fraction of sp³-hybridized carbons (Fsp3) is 0.125. The van der Waals surface area contributed by atoms with Crippen molar-refractivity contribution in [1.82, 2.24) is 9.97 Å². The maximum atomic E-state index is 13.3. The molecular formula is C24H20N4O6. The van der Waals surface area contributed by atoms with Crippen molar-refractivity contribution in [3.63, 3.8) is 0 Å². The third-order valence-electron chi connectivity index (χ3n) is 5.17. The lowest BCUT2D eigenvalue weighted by Crippen LogP contribution is -2.14. The van der Waals surface area contributed by atoms with Crippen LogP contribution in [0.1, 0.15) is 10.4 Å². The molecule has 0 saturated carbocycles. The Morgan fingerprint density at radius 2 is 1.71 bits per heavy atom. The average Bonchev–Trinajstić information content (AvgIpc) is 2.87. The number of benzene rings is 2. The second kappa shape index (κ2) is 9.41. The predicted molar refractivity (Wildman–Crippen MR) is 126 cm³/mol. The van der Waals surface area contributed by atoms with Gasteiger partial charge in [0.1, 0.15) is 11.9 Å². The fourth-order valence-electron chi connectivity index (χ4n) is 3.57. The van der Waals surface area contributed by atoms with Gasteiger partial charge in [0.05, 0.1) is 43.0 Å². The van der Waals surface area contributed by atoms with Crippen molar-refractivity contribution >= 4 is 28.2 Å². The van der Waals surface area contributed by atoms with Crippen LogP contribution in [-0.4, -0.2) is 42.1 Å². The number of nitrogens with zero attached hydrogens (tertiary/aromatic N) is 3. The highest BCUT2D eigenvalue weighted by Gasteiger charge is 2.21. The zero-order chi connectivity index (χ0) is 24.2. The van der Waals surface area contributed by atoms with Crippen molar-refractivity contribution in [2.45, 2.75) is 0 Å². The summed E-state index contributed by atoms with van der Waals surface area (Å²) in [5.74, 6) is 0.773. The van der Waals surface area contributed by atoms with Crippen molar-refractivity contribution < 1.29 is 23.9 Å². The molecule has 172 valence electrons. The Labute approximate surface area is 194 Å². The number of carbonyl (C=O) groups is 1. The standard InChI is InChI=1S/C24H20N4O6/c1-32-21-10-14(11-22(33-2)23(21)34-3)19-12-16(15-6-4-5-7-17(15)26-19)24(29)27-18-8-9-25-13-20(18)28(30)31/h4-13H,1-3H3,(H,25,27,29). The van der Waals surface area contributed by atoms with Crippen molar-refractivity contribution in [1.29, 1.82) is 0 Å². The van der Waals surface area contributed by atoms with Gasteiger partial charge in [-0.15, -0.1) is 0 Å². The Morgan fingerprint density at radius 1 is 1.00 bits per heavy atom. The van der Waals surface area contributed by atoms with E-state index in [-0.39, 0.29) is 11.4 Å². The lowest BCUT2D eigenvalue weighted by atomic mass is 10.0. The van der Waals surface area contributed by atoms with Gasteiger partial charge in [0.2, 0.25) is 5.75 Å². The number of ether oxygens (including phenoxy) is 3. The number of hydrogen-bond acceptors (Lipinski definition) is 8. The number of carbonyl (C=O) groups excluding carboxylic acids is 1. The van der Waals surface area contributed by atoms with Gasteiger partial charge in [0.25, 0.3) is 5.91 Å². The topological polar surface area (TPSA) is 126 Å². The molecule has 0 unspecified atom stereocenters. The van der Waals surface area contributed by atoms with Crippen LogP contribution in [0.4, 0.5) is 11.4 Å². The van der Waals surface area contributed by atoms with Gasteiger partial charge in [-0.05, 0) is 30.3 Å². The Kier molecular flexibility index (Phi) is 6.22. The summed E-state index contributed by atoms with van der Waals surface area (Å²) in [5, 5.41) is 14.5. The van der Waals surface area contributed by atoms with E-state index < -0.39 is 10.8 Å². The summed E-state index contributed by atoms with van der Waals surface area (Å²) in [5.41, 5.74) is 1.71. The SMILES string of the molecule is COc1cc(-c2cc(C(=O)Nc3ccncc3[N+](=O)[O-])c3ccccc3n2)cc(OC)c1OC. The van der Waals surface area contributed by atoms with Crippen LogP contribution in [0.5, 0.6) is 17.2 Å². The Hall–Kier alpha value is -4.73. The van der Waals surface area contributed by atoms with E-state index in [0.29, 0.717) is 45.0 Å². The summed E-state index contributed by atoms with van der Waals surface area (Å²) in [6.45, 7) is 0. The number of nitrogens with one attached hydrogen (secondary N) is 1. The number of pyridine rings is 2. The molecule has 10 heteroatoms. The zero-order valence-electron chi connectivity index (χ0n) is 18.6. The molecule has 0 spiro atoms. The minimum absolute atomic E-state index is 0.0419. The maximum Gasteiger partial charge on any atom is 0.310 e. The van der Waals surface area contributed by atoms with Gasteiger partial charge >= 0.3 is 5.69 Å². The number of nitro groups is 1. The number of para-hydroxylation sites is 1. The summed E-state index contributed by atoms with van der Waals surface area (Å²) < 4.78 is 16.3. The number of methoxy groups -OCH3 is 3. The first-order valence-corrected chi connectivity index (χ1v) is 10.1. The third-order valence-corrected chi connectivity index (χ3v) is 5.17. The molecule has 4 rings (SSSR count). The van der Waals surface area contributed by atoms with Gasteiger partial charge in [0, 0.05) is 17.1 Å². The Balaban J connectivity index is 1.86. The highest BCUT2D eigenvalue weighted by molar-refractivity contribution is 6.13. The van der Waals surface area contributed by atoms with Crippen LogP contribution in [0.3, 0.4) is 0 Å². The van der Waals surface area contributed by atoms with Crippen LogP contribution in [0.25, 0.3) is 22.2 Å². The van der Waals surface area contributed by atoms with E-state index in [1.54, 1.807) is 36.4 Å². The minimum Gasteiger partial charge on any atom is -0.493 e. The minimum atomic E-state index is -0.603. The first kappa shape index (κ1) is 22.5. The molecule has 2 heterocycles. The summed E-state index contributed by atoms with van der Waals surface area (Å²) in [7, 11) is 4.53. The largest absolute Gasteiger partial charge is 0.493 e. The lowest BCUT2D eigenvalue weighted by molar-refractivity contribution is -0.384. The Bertz CT molecular complexity index is 1380. The summed E-state index contributed by atoms with van der Waals surface area (Å²) in [4.78, 5) is 32.5. The van der Waals surface area contributed by atoms with Crippen LogP contribution in [0.2, 0.25) is 0 Å². The second-order valence-corrected chi connectivity index (χ2v) is 7.09. The van der Waals surface area contributed by atoms with E-state index in [9.17, 15) is 14.9 Å². The first-order valence-electron chi connectivity index (χ1n) is 10.1. The number of amides is 1. The van der Waals surface area contributed by atoms with E-state index in [4.69, 9.17) is 19.2 Å². The van der Waals surface area contributed by atoms with Crippen LogP contribution in [0.15, 0.2) is 60.9 Å². The average molecular weight is 460 g/mol. The van der Waals surface area contributed by atoms with Crippen LogP contribution < -0.4 is 19.5 Å². The van der Waals surface area contributed by atoms with Gasteiger partial charge in [-0.1, -0.05) is 18.2 Å². The van der Waals surface area contributed by atoms with Crippen molar-refractivity contribution in [2.75, 3.05) is 26.6 Å². The molecule has 0 radical (unpaired) electrons. The monoisotopic (exact) mass is 460 g/mol. The molecule has 4 aromatic rings. The molecule has 0 atom stereocenters. The second-order valence-electron chi connectivity index (χ2n) is 7.09. The van der Waals surface area contributed by atoms with E-state index in [0.717, 1.165) is 6.20 Å². The number of aromatic nitrogens is 2. The van der Waals surface area contributed by atoms with E-state index >= 15 is 0 Å². The van der Waals surface area contributed by atoms with Gasteiger partial charge in [-0.2, -0.15) is 0 Å². The Morgan fingerprint density at radius 3 is 2.35 bits per heavy atom. The number of anilines is 1. The molecule has 1 N–H and O–H groups in total. The van der Waals surface area contributed by atoms with Crippen LogP contribution in [-0.2, 0) is 0 Å². The normalized spacial score (nSPS) is 10.6. The van der Waals surface area contributed by atoms with E-state index in [2.05, 4.69) is 10.3 Å². The molecule has 0 fully saturated rings. The van der Waals surface area contributed by atoms with Gasteiger partial charge in [-0.25, -0.2) is 4.98 Å². The van der Waals surface area contributed by atoms with Gasteiger partial charge in [-0.3, -0.25) is 19.9 Å². The molecule has 1 amide bonds. The van der Waals surface area contributed by atoms with Crippen LogP contribution in [0, 0.1) is 10.1 Å². The highest BCUT2D eigenvalue weighted by atomic mass is 16.6. The molecule has 0 aliphatic carbocycles. The first-order chi connectivity index (χ1) is 16.5. The third kappa shape index (κ3) is 4.16. The predicted octanol–water partition coefficient (Wildman–Crippen LogP) is 4.48. The van der Waals surface area contributed by atoms with Gasteiger partial charge < -0.3 is 19.5 Å². The molecule has 0 saturated heterocycles. The van der Waals surface area contributed by atoms with Crippen molar-refractivity contribution in [3.8, 4) is 28.5 Å². The molecule has 10 nitrogen and oxygen atoms in total. The lowest BCUT2D eigenvalue weighted by Gasteiger charge is -2.15.